The number of pyridine rings is 2. The summed E-state index contributed by atoms with van der Waals surface area (Å²) in [5.41, 5.74) is 3.32. The zero-order valence-corrected chi connectivity index (χ0v) is 17.4. The summed E-state index contributed by atoms with van der Waals surface area (Å²) in [6, 6.07) is 8.98. The second kappa shape index (κ2) is 8.65. The lowest BCUT2D eigenvalue weighted by Crippen LogP contribution is -2.15. The van der Waals surface area contributed by atoms with Crippen molar-refractivity contribution in [2.75, 3.05) is 12.4 Å². The number of aryl methyl sites for hydroxylation is 3. The number of amides is 1. The Morgan fingerprint density at radius 1 is 1.20 bits per heavy atom. The molecule has 0 aliphatic heterocycles. The van der Waals surface area contributed by atoms with Crippen LogP contribution in [0.2, 0.25) is 0 Å². The molecule has 0 saturated heterocycles. The Hall–Kier alpha value is -3.87. The van der Waals surface area contributed by atoms with Gasteiger partial charge in [-0.2, -0.15) is 0 Å². The van der Waals surface area contributed by atoms with Gasteiger partial charge in [-0.25, -0.2) is 4.98 Å². The third kappa shape index (κ3) is 4.25. The van der Waals surface area contributed by atoms with Gasteiger partial charge in [0, 0.05) is 24.9 Å². The molecule has 0 bridgehead atoms. The van der Waals surface area contributed by atoms with E-state index in [9.17, 15) is 9.59 Å². The van der Waals surface area contributed by atoms with Gasteiger partial charge >= 0.3 is 0 Å². The molecule has 2 heterocycles. The van der Waals surface area contributed by atoms with Crippen LogP contribution in [0.25, 0.3) is 11.1 Å². The van der Waals surface area contributed by atoms with Gasteiger partial charge in [0.1, 0.15) is 11.5 Å². The van der Waals surface area contributed by atoms with Crippen LogP contribution in [0.5, 0.6) is 17.4 Å². The molecule has 7 nitrogen and oxygen atoms in total. The third-order valence-corrected chi connectivity index (χ3v) is 4.61. The van der Waals surface area contributed by atoms with E-state index in [-0.39, 0.29) is 11.5 Å². The number of methoxy groups -OCH3 is 1. The Kier molecular flexibility index (Phi) is 6.01. The van der Waals surface area contributed by atoms with Crippen LogP contribution in [0, 0.1) is 13.8 Å². The van der Waals surface area contributed by atoms with Gasteiger partial charge < -0.3 is 19.4 Å². The van der Waals surface area contributed by atoms with Crippen molar-refractivity contribution in [2.24, 2.45) is 7.05 Å². The predicted octanol–water partition coefficient (Wildman–Crippen LogP) is 3.99. The summed E-state index contributed by atoms with van der Waals surface area (Å²) in [6.07, 6.45) is 4.32. The van der Waals surface area contributed by atoms with Crippen molar-refractivity contribution in [1.82, 2.24) is 9.55 Å². The van der Waals surface area contributed by atoms with E-state index in [1.807, 2.05) is 32.0 Å². The number of anilines is 1. The maximum Gasteiger partial charge on any atom is 0.254 e. The summed E-state index contributed by atoms with van der Waals surface area (Å²) >= 11 is 0. The number of carbonyl (C=O) groups is 1. The number of carbonyl (C=O) groups excluding carboxylic acids is 1. The molecule has 154 valence electrons. The van der Waals surface area contributed by atoms with E-state index in [1.165, 1.54) is 30.0 Å². The first-order valence-electron chi connectivity index (χ1n) is 9.26. The Bertz CT molecular complexity index is 1160. The topological polar surface area (TPSA) is 82.5 Å². The predicted molar refractivity (Wildman–Crippen MR) is 116 cm³/mol. The second-order valence-electron chi connectivity index (χ2n) is 6.80. The molecule has 7 heteroatoms. The Morgan fingerprint density at radius 2 is 1.90 bits per heavy atom. The summed E-state index contributed by atoms with van der Waals surface area (Å²) in [4.78, 5) is 28.3. The summed E-state index contributed by atoms with van der Waals surface area (Å²) in [6.45, 7) is 7.37. The highest BCUT2D eigenvalue weighted by atomic mass is 16.5. The van der Waals surface area contributed by atoms with Crippen LogP contribution < -0.4 is 20.3 Å². The molecule has 1 N–H and O–H groups in total. The molecule has 0 aliphatic rings. The Morgan fingerprint density at radius 3 is 2.53 bits per heavy atom. The van der Waals surface area contributed by atoms with Crippen molar-refractivity contribution in [3.8, 4) is 28.5 Å². The molecule has 0 fully saturated rings. The summed E-state index contributed by atoms with van der Waals surface area (Å²) in [5, 5.41) is 2.69. The van der Waals surface area contributed by atoms with Gasteiger partial charge in [0.05, 0.1) is 24.6 Å². The first-order chi connectivity index (χ1) is 14.3. The first-order valence-corrected chi connectivity index (χ1v) is 9.26. The van der Waals surface area contributed by atoms with Crippen LogP contribution in [-0.4, -0.2) is 22.6 Å². The van der Waals surface area contributed by atoms with E-state index >= 15 is 0 Å². The molecule has 0 spiro atoms. The fourth-order valence-corrected chi connectivity index (χ4v) is 3.03. The van der Waals surface area contributed by atoms with E-state index < -0.39 is 0 Å². The minimum Gasteiger partial charge on any atom is -0.496 e. The van der Waals surface area contributed by atoms with Gasteiger partial charge in [0.2, 0.25) is 11.8 Å². The molecule has 0 radical (unpaired) electrons. The van der Waals surface area contributed by atoms with Gasteiger partial charge in [-0.1, -0.05) is 24.8 Å². The summed E-state index contributed by atoms with van der Waals surface area (Å²) < 4.78 is 13.1. The van der Waals surface area contributed by atoms with Crippen LogP contribution in [0.4, 0.5) is 5.69 Å². The highest BCUT2D eigenvalue weighted by Crippen LogP contribution is 2.39. The fraction of sp³-hybridized carbons (Fsp3) is 0.174. The second-order valence-corrected chi connectivity index (χ2v) is 6.80. The molecule has 0 atom stereocenters. The summed E-state index contributed by atoms with van der Waals surface area (Å²) in [5.74, 6) is 1.02. The maximum atomic E-state index is 12.1. The van der Waals surface area contributed by atoms with E-state index in [1.54, 1.807) is 19.3 Å². The number of rotatable bonds is 6. The number of nitrogens with zero attached hydrogens (tertiary/aromatic N) is 2. The average molecular weight is 405 g/mol. The van der Waals surface area contributed by atoms with Gasteiger partial charge in [-0.3, -0.25) is 9.59 Å². The van der Waals surface area contributed by atoms with E-state index in [4.69, 9.17) is 9.47 Å². The van der Waals surface area contributed by atoms with Crippen molar-refractivity contribution < 1.29 is 14.3 Å². The number of hydrogen-bond acceptors (Lipinski definition) is 5. The van der Waals surface area contributed by atoms with Crippen molar-refractivity contribution in [3.63, 3.8) is 0 Å². The highest BCUT2D eigenvalue weighted by Gasteiger charge is 2.18. The molecular weight excluding hydrogens is 382 g/mol. The monoisotopic (exact) mass is 405 g/mol. The number of hydrogen-bond donors (Lipinski definition) is 1. The zero-order valence-electron chi connectivity index (χ0n) is 17.4. The van der Waals surface area contributed by atoms with Crippen LogP contribution in [0.3, 0.4) is 0 Å². The molecule has 1 amide bonds. The van der Waals surface area contributed by atoms with E-state index in [0.717, 1.165) is 11.1 Å². The lowest BCUT2D eigenvalue weighted by molar-refractivity contribution is -0.111. The number of nitrogens with one attached hydrogen (secondary N) is 1. The van der Waals surface area contributed by atoms with Crippen LogP contribution >= 0.6 is 0 Å². The average Bonchev–Trinajstić information content (AvgIpc) is 2.73. The largest absolute Gasteiger partial charge is 0.496 e. The molecule has 2 aromatic heterocycles. The minimum atomic E-state index is -0.362. The minimum absolute atomic E-state index is 0.211. The Balaban J connectivity index is 2.21. The normalized spacial score (nSPS) is 10.4. The summed E-state index contributed by atoms with van der Waals surface area (Å²) in [7, 11) is 3.13. The molecule has 3 aromatic rings. The molecule has 3 rings (SSSR count). The molecule has 0 unspecified atom stereocenters. The maximum absolute atomic E-state index is 12.1. The van der Waals surface area contributed by atoms with Gasteiger partial charge in [0.15, 0.2) is 0 Å². The van der Waals surface area contributed by atoms with Crippen molar-refractivity contribution in [2.45, 2.75) is 13.8 Å². The van der Waals surface area contributed by atoms with E-state index in [2.05, 4.69) is 16.9 Å². The fourth-order valence-electron chi connectivity index (χ4n) is 3.03. The van der Waals surface area contributed by atoms with Crippen molar-refractivity contribution in [1.29, 1.82) is 0 Å². The lowest BCUT2D eigenvalue weighted by Gasteiger charge is -2.17. The number of para-hydroxylation sites is 1. The standard InChI is InChI=1S/C23H23N3O4/c1-6-20(27)25-16-10-17(18-13-26(4)21(28)11-19(18)29-5)23(24-12-16)30-22-14(2)8-7-9-15(22)3/h6-13H,1H2,2-5H3,(H,25,27). The molecule has 1 aromatic carbocycles. The first kappa shape index (κ1) is 20.9. The van der Waals surface area contributed by atoms with Crippen molar-refractivity contribution >= 4 is 11.6 Å². The van der Waals surface area contributed by atoms with Crippen molar-refractivity contribution in [3.05, 3.63) is 76.9 Å². The Labute approximate surface area is 174 Å². The quantitative estimate of drug-likeness (QED) is 0.627. The zero-order chi connectivity index (χ0) is 21.8. The van der Waals surface area contributed by atoms with Gasteiger partial charge in [-0.05, 0) is 37.1 Å². The van der Waals surface area contributed by atoms with Gasteiger partial charge in [0.25, 0.3) is 5.56 Å². The number of benzene rings is 1. The van der Waals surface area contributed by atoms with E-state index in [0.29, 0.717) is 34.2 Å². The smallest absolute Gasteiger partial charge is 0.254 e. The molecule has 0 aliphatic carbocycles. The lowest BCUT2D eigenvalue weighted by atomic mass is 10.1. The molecule has 30 heavy (non-hydrogen) atoms. The SMILES string of the molecule is C=CC(=O)Nc1cnc(Oc2c(C)cccc2C)c(-c2cn(C)c(=O)cc2OC)c1. The number of ether oxygens (including phenoxy) is 2. The van der Waals surface area contributed by atoms with Gasteiger partial charge in [-0.15, -0.1) is 0 Å². The van der Waals surface area contributed by atoms with Crippen LogP contribution in [0.1, 0.15) is 11.1 Å². The molecule has 0 saturated carbocycles. The highest BCUT2D eigenvalue weighted by molar-refractivity contribution is 5.99. The third-order valence-electron chi connectivity index (χ3n) is 4.61. The molecular formula is C23H23N3O4. The van der Waals surface area contributed by atoms with Crippen LogP contribution in [0.15, 0.2) is 60.2 Å². The van der Waals surface area contributed by atoms with Crippen LogP contribution in [-0.2, 0) is 11.8 Å². The number of aromatic nitrogens is 2.